The summed E-state index contributed by atoms with van der Waals surface area (Å²) in [6.07, 6.45) is -5.65. The van der Waals surface area contributed by atoms with Crippen LogP contribution in [0.2, 0.25) is 0 Å². The first-order valence-corrected chi connectivity index (χ1v) is 11.7. The molecule has 0 bridgehead atoms. The SMILES string of the molecule is CNC[C@H](O)[C@@H](O)[C@H](O)[C@H](O)CO.O=C([O-])c1ccccc1.O=C([O-])c1ccccc1.O=C([O-])c1ccccc1.[Gd+3]. The second-order valence-corrected chi connectivity index (χ2v) is 7.82. The van der Waals surface area contributed by atoms with E-state index in [-0.39, 0.29) is 63.2 Å². The van der Waals surface area contributed by atoms with Crippen molar-refractivity contribution in [2.24, 2.45) is 0 Å². The fraction of sp³-hybridized carbons (Fsp3) is 0.250. The average molecular weight is 716 g/mol. The van der Waals surface area contributed by atoms with Crippen molar-refractivity contribution in [2.75, 3.05) is 20.2 Å². The van der Waals surface area contributed by atoms with Gasteiger partial charge in [0.15, 0.2) is 0 Å². The summed E-state index contributed by atoms with van der Waals surface area (Å²) in [6, 6.07) is 24.2. The molecule has 0 saturated carbocycles. The van der Waals surface area contributed by atoms with Gasteiger partial charge in [-0.2, -0.15) is 0 Å². The van der Waals surface area contributed by atoms with E-state index < -0.39 is 48.9 Å². The predicted molar refractivity (Wildman–Crippen MR) is 137 cm³/mol. The summed E-state index contributed by atoms with van der Waals surface area (Å²) < 4.78 is 0. The largest absolute Gasteiger partial charge is 3.00 e. The van der Waals surface area contributed by atoms with Crippen LogP contribution in [0.15, 0.2) is 91.0 Å². The molecule has 13 heteroatoms. The third-order valence-corrected chi connectivity index (χ3v) is 4.77. The Kier molecular flexibility index (Phi) is 23.4. The maximum atomic E-state index is 10.1. The maximum Gasteiger partial charge on any atom is 3.00 e. The van der Waals surface area contributed by atoms with E-state index in [0.717, 1.165) is 0 Å². The van der Waals surface area contributed by atoms with Crippen LogP contribution >= 0.6 is 0 Å². The second-order valence-electron chi connectivity index (χ2n) is 7.82. The molecule has 41 heavy (non-hydrogen) atoms. The quantitative estimate of drug-likeness (QED) is 0.129. The third-order valence-electron chi connectivity index (χ3n) is 4.77. The number of carboxylic acids is 3. The summed E-state index contributed by atoms with van der Waals surface area (Å²) in [7, 11) is 1.57. The number of aromatic carboxylic acids is 3. The minimum absolute atomic E-state index is 0. The van der Waals surface area contributed by atoms with E-state index in [1.807, 2.05) is 0 Å². The Morgan fingerprint density at radius 2 is 0.878 bits per heavy atom. The van der Waals surface area contributed by atoms with Gasteiger partial charge in [-0.1, -0.05) is 91.0 Å². The molecular weight excluding hydrogens is 684 g/mol. The topological polar surface area (TPSA) is 234 Å². The van der Waals surface area contributed by atoms with Crippen molar-refractivity contribution in [3.8, 4) is 0 Å². The van der Waals surface area contributed by atoms with Crippen molar-refractivity contribution in [3.63, 3.8) is 0 Å². The molecule has 0 amide bonds. The maximum absolute atomic E-state index is 10.1. The van der Waals surface area contributed by atoms with Crippen LogP contribution in [0.25, 0.3) is 0 Å². The number of rotatable bonds is 9. The van der Waals surface area contributed by atoms with Crippen molar-refractivity contribution < 1.29 is 95.2 Å². The van der Waals surface area contributed by atoms with Crippen molar-refractivity contribution in [1.29, 1.82) is 0 Å². The van der Waals surface area contributed by atoms with Gasteiger partial charge in [0.1, 0.15) is 18.3 Å². The summed E-state index contributed by atoms with van der Waals surface area (Å²) in [6.45, 7) is -0.569. The average Bonchev–Trinajstić information content (AvgIpc) is 2.98. The van der Waals surface area contributed by atoms with Crippen LogP contribution in [0.4, 0.5) is 0 Å². The number of carbonyl (C=O) groups is 3. The zero-order valence-electron chi connectivity index (χ0n) is 21.9. The van der Waals surface area contributed by atoms with E-state index in [2.05, 4.69) is 5.32 Å². The number of aliphatic hydroxyl groups is 5. The van der Waals surface area contributed by atoms with Gasteiger partial charge in [0.05, 0.1) is 30.6 Å². The smallest absolute Gasteiger partial charge is 0.545 e. The van der Waals surface area contributed by atoms with Gasteiger partial charge < -0.3 is 60.6 Å². The molecule has 0 aliphatic carbocycles. The molecule has 0 saturated heterocycles. The van der Waals surface area contributed by atoms with Gasteiger partial charge in [-0.15, -0.1) is 0 Å². The first kappa shape index (κ1) is 40.3. The van der Waals surface area contributed by atoms with Crippen LogP contribution in [0.3, 0.4) is 0 Å². The van der Waals surface area contributed by atoms with E-state index in [1.165, 1.54) is 36.4 Å². The predicted octanol–water partition coefficient (Wildman–Crippen LogP) is -3.21. The zero-order valence-corrected chi connectivity index (χ0v) is 24.2. The van der Waals surface area contributed by atoms with Gasteiger partial charge in [-0.05, 0) is 23.7 Å². The molecule has 0 heterocycles. The number of nitrogens with one attached hydrogen (secondary N) is 1. The number of aliphatic hydroxyl groups excluding tert-OH is 5. The van der Waals surface area contributed by atoms with Gasteiger partial charge in [-0.3, -0.25) is 0 Å². The van der Waals surface area contributed by atoms with Crippen LogP contribution in [-0.4, -0.2) is 88.1 Å². The molecule has 0 aromatic heterocycles. The first-order chi connectivity index (χ1) is 19.0. The summed E-state index contributed by atoms with van der Waals surface area (Å²) in [4.78, 5) is 30.3. The third kappa shape index (κ3) is 18.3. The Morgan fingerprint density at radius 1 is 0.610 bits per heavy atom. The molecule has 0 spiro atoms. The summed E-state index contributed by atoms with van der Waals surface area (Å²) >= 11 is 0. The Balaban J connectivity index is 0. The van der Waals surface area contributed by atoms with Gasteiger partial charge in [0, 0.05) is 6.54 Å². The monoisotopic (exact) mass is 716 g/mol. The molecule has 0 fully saturated rings. The number of carboxylic acid groups (broad SMARTS) is 3. The van der Waals surface area contributed by atoms with E-state index in [9.17, 15) is 34.8 Å². The van der Waals surface area contributed by atoms with Gasteiger partial charge >= 0.3 is 39.9 Å². The van der Waals surface area contributed by atoms with Gasteiger partial charge in [-0.25, -0.2) is 0 Å². The van der Waals surface area contributed by atoms with Crippen molar-refractivity contribution >= 4 is 17.9 Å². The molecule has 12 nitrogen and oxygen atoms in total. The molecule has 0 unspecified atom stereocenters. The Bertz CT molecular complexity index is 988. The fourth-order valence-electron chi connectivity index (χ4n) is 2.62. The van der Waals surface area contributed by atoms with E-state index in [4.69, 9.17) is 20.4 Å². The molecule has 0 aliphatic heterocycles. The molecule has 4 atom stereocenters. The van der Waals surface area contributed by atoms with E-state index in [1.54, 1.807) is 61.6 Å². The Labute approximate surface area is 269 Å². The molecule has 223 valence electrons. The summed E-state index contributed by atoms with van der Waals surface area (Å²) in [5.41, 5.74) is 0.660. The number of carbonyl (C=O) groups excluding carboxylic acids is 3. The molecule has 3 aromatic rings. The number of likely N-dealkylation sites (N-methyl/N-ethyl adjacent to an activating group) is 1. The van der Waals surface area contributed by atoms with Crippen molar-refractivity contribution in [1.82, 2.24) is 5.32 Å². The summed E-state index contributed by atoms with van der Waals surface area (Å²) in [5.74, 6) is -3.39. The minimum atomic E-state index is -1.55. The number of benzene rings is 3. The zero-order chi connectivity index (χ0) is 30.5. The van der Waals surface area contributed by atoms with Crippen molar-refractivity contribution in [2.45, 2.75) is 24.4 Å². The number of hydrogen-bond acceptors (Lipinski definition) is 12. The van der Waals surface area contributed by atoms with Gasteiger partial charge in [0.25, 0.3) is 0 Å². The Hall–Kier alpha value is -2.85. The number of hydrogen-bond donors (Lipinski definition) is 6. The van der Waals surface area contributed by atoms with E-state index in [0.29, 0.717) is 0 Å². The molecule has 1 radical (unpaired) electrons. The second kappa shape index (κ2) is 23.8. The Morgan fingerprint density at radius 3 is 1.07 bits per heavy atom. The minimum Gasteiger partial charge on any atom is -0.545 e. The molecule has 3 aromatic carbocycles. The van der Waals surface area contributed by atoms with E-state index >= 15 is 0 Å². The standard InChI is InChI=1S/C7H17NO5.3C7H6O2.Gd/c1-8-2-4(10)6(12)7(13)5(11)3-9;3*8-7(9)6-4-2-1-3-5-6;/h4-13H,2-3H2,1H3;3*1-5H,(H,8,9);/q;;;;+3/p-3/t4-,5+,6+,7+;;;;/m0..../s1. The van der Waals surface area contributed by atoms with Crippen LogP contribution in [-0.2, 0) is 0 Å². The fourth-order valence-corrected chi connectivity index (χ4v) is 2.62. The van der Waals surface area contributed by atoms with Gasteiger partial charge in [0.2, 0.25) is 0 Å². The summed E-state index contributed by atoms with van der Waals surface area (Å²) in [5, 5.41) is 77.7. The first-order valence-electron chi connectivity index (χ1n) is 11.7. The normalized spacial score (nSPS) is 12.4. The van der Waals surface area contributed by atoms with Crippen molar-refractivity contribution in [3.05, 3.63) is 108 Å². The van der Waals surface area contributed by atoms with Crippen LogP contribution in [0, 0.1) is 39.9 Å². The van der Waals surface area contributed by atoms with Crippen LogP contribution in [0.1, 0.15) is 31.1 Å². The molecular formula is C28H32GdNO11. The molecule has 6 N–H and O–H groups in total. The van der Waals surface area contributed by atoms with Crippen LogP contribution in [0.5, 0.6) is 0 Å². The molecule has 0 aliphatic rings. The van der Waals surface area contributed by atoms with Crippen LogP contribution < -0.4 is 20.6 Å². The molecule has 3 rings (SSSR count).